The molecule has 3 rings (SSSR count). The summed E-state index contributed by atoms with van der Waals surface area (Å²) in [5.41, 5.74) is 1.08. The van der Waals surface area contributed by atoms with Crippen molar-refractivity contribution in [2.45, 2.75) is 17.9 Å². The van der Waals surface area contributed by atoms with Crippen LogP contribution in [-0.2, 0) is 20.4 Å². The second kappa shape index (κ2) is 7.78. The summed E-state index contributed by atoms with van der Waals surface area (Å²) in [6.07, 6.45) is 0. The van der Waals surface area contributed by atoms with Crippen LogP contribution in [0, 0.1) is 0 Å². The van der Waals surface area contributed by atoms with Crippen LogP contribution in [0.5, 0.6) is 11.5 Å². The molecule has 0 saturated carbocycles. The highest BCUT2D eigenvalue weighted by molar-refractivity contribution is 7.92. The number of carbonyl (C=O) groups excluding carboxylic acids is 1. The molecule has 144 valence electrons. The van der Waals surface area contributed by atoms with Gasteiger partial charge in [0.2, 0.25) is 5.91 Å². The largest absolute Gasteiger partial charge is 0.486 e. The van der Waals surface area contributed by atoms with Crippen LogP contribution in [0.3, 0.4) is 0 Å². The van der Waals surface area contributed by atoms with Gasteiger partial charge in [-0.15, -0.1) is 0 Å². The lowest BCUT2D eigenvalue weighted by atomic mass is 10.2. The molecule has 27 heavy (non-hydrogen) atoms. The van der Waals surface area contributed by atoms with Crippen molar-refractivity contribution in [1.82, 2.24) is 0 Å². The molecule has 1 heterocycles. The molecule has 0 spiro atoms. The average Bonchev–Trinajstić information content (AvgIpc) is 2.66. The topological polar surface area (TPSA) is 72.9 Å². The number of anilines is 1. The number of para-hydroxylation sites is 1. The number of rotatable bonds is 5. The summed E-state index contributed by atoms with van der Waals surface area (Å²) < 4.78 is 36.5. The maximum absolute atomic E-state index is 12.8. The Morgan fingerprint density at radius 3 is 2.56 bits per heavy atom. The second-order valence-electron chi connectivity index (χ2n) is 6.28. The van der Waals surface area contributed by atoms with Crippen molar-refractivity contribution < 1.29 is 22.7 Å². The Hall–Kier alpha value is -2.25. The first kappa shape index (κ1) is 19.5. The van der Waals surface area contributed by atoms with Crippen molar-refractivity contribution in [3.63, 3.8) is 0 Å². The number of carbonyl (C=O) groups is 1. The van der Waals surface area contributed by atoms with E-state index in [0.717, 1.165) is 0 Å². The van der Waals surface area contributed by atoms with E-state index in [0.29, 0.717) is 36.0 Å². The summed E-state index contributed by atoms with van der Waals surface area (Å²) in [6.45, 7) is 2.16. The van der Waals surface area contributed by atoms with E-state index in [1.54, 1.807) is 37.4 Å². The predicted molar refractivity (Wildman–Crippen MR) is 104 cm³/mol. The van der Waals surface area contributed by atoms with Crippen LogP contribution in [0.4, 0.5) is 5.69 Å². The predicted octanol–water partition coefficient (Wildman–Crippen LogP) is 3.08. The Balaban J connectivity index is 1.80. The quantitative estimate of drug-likeness (QED) is 0.758. The molecule has 2 aromatic carbocycles. The summed E-state index contributed by atoms with van der Waals surface area (Å²) in [6, 6.07) is 12.0. The molecule has 0 saturated heterocycles. The molecule has 0 aromatic heterocycles. The Labute approximate surface area is 163 Å². The van der Waals surface area contributed by atoms with E-state index in [9.17, 15) is 13.2 Å². The average molecular weight is 410 g/mol. The zero-order chi connectivity index (χ0) is 19.6. The zero-order valence-corrected chi connectivity index (χ0v) is 16.6. The minimum atomic E-state index is -3.76. The van der Waals surface area contributed by atoms with E-state index in [1.165, 1.54) is 17.9 Å². The van der Waals surface area contributed by atoms with Crippen molar-refractivity contribution in [2.24, 2.45) is 0 Å². The Kier molecular flexibility index (Phi) is 5.62. The lowest BCUT2D eigenvalue weighted by Gasteiger charge is -2.22. The van der Waals surface area contributed by atoms with Crippen LogP contribution in [-0.4, -0.2) is 39.8 Å². The molecule has 0 N–H and O–H groups in total. The highest BCUT2D eigenvalue weighted by atomic mass is 35.5. The standard InChI is InChI=1S/C19H20ClNO5S/c1-13(19(22)21(2)15-6-4-3-5-7-15)27(23,24)12-14-10-16(20)18-17(11-14)25-8-9-26-18/h3-7,10-11,13H,8-9,12H2,1-2H3. The van der Waals surface area contributed by atoms with Gasteiger partial charge in [-0.05, 0) is 36.8 Å². The van der Waals surface area contributed by atoms with Crippen LogP contribution in [0.15, 0.2) is 42.5 Å². The highest BCUT2D eigenvalue weighted by Gasteiger charge is 2.31. The molecule has 6 nitrogen and oxygen atoms in total. The van der Waals surface area contributed by atoms with Crippen molar-refractivity contribution in [2.75, 3.05) is 25.2 Å². The highest BCUT2D eigenvalue weighted by Crippen LogP contribution is 2.38. The van der Waals surface area contributed by atoms with Gasteiger partial charge in [0.05, 0.1) is 10.8 Å². The molecule has 0 aliphatic carbocycles. The SMILES string of the molecule is CC(C(=O)N(C)c1ccccc1)S(=O)(=O)Cc1cc(Cl)c2c(c1)OCCO2. The van der Waals surface area contributed by atoms with Gasteiger partial charge in [-0.3, -0.25) is 4.79 Å². The van der Waals surface area contributed by atoms with E-state index >= 15 is 0 Å². The molecule has 0 radical (unpaired) electrons. The maximum Gasteiger partial charge on any atom is 0.244 e. The zero-order valence-electron chi connectivity index (χ0n) is 15.0. The molecule has 1 amide bonds. The van der Waals surface area contributed by atoms with E-state index in [-0.39, 0.29) is 10.8 Å². The van der Waals surface area contributed by atoms with Crippen LogP contribution in [0.1, 0.15) is 12.5 Å². The Morgan fingerprint density at radius 1 is 1.19 bits per heavy atom. The number of ether oxygens (including phenoxy) is 2. The van der Waals surface area contributed by atoms with Crippen LogP contribution < -0.4 is 14.4 Å². The minimum Gasteiger partial charge on any atom is -0.486 e. The molecule has 2 aromatic rings. The molecule has 0 bridgehead atoms. The third kappa shape index (κ3) is 4.20. The number of fused-ring (bicyclic) bond motifs is 1. The van der Waals surface area contributed by atoms with Gasteiger partial charge in [-0.25, -0.2) is 8.42 Å². The number of sulfone groups is 1. The smallest absolute Gasteiger partial charge is 0.244 e. The van der Waals surface area contributed by atoms with E-state index in [2.05, 4.69) is 0 Å². The third-order valence-corrected chi connectivity index (χ3v) is 6.68. The maximum atomic E-state index is 12.8. The summed E-state index contributed by atoms with van der Waals surface area (Å²) >= 11 is 6.17. The fourth-order valence-corrected chi connectivity index (χ4v) is 4.44. The van der Waals surface area contributed by atoms with Crippen LogP contribution >= 0.6 is 11.6 Å². The summed E-state index contributed by atoms with van der Waals surface area (Å²) in [4.78, 5) is 14.0. The number of halogens is 1. The van der Waals surface area contributed by atoms with Gasteiger partial charge in [0.15, 0.2) is 21.3 Å². The lowest BCUT2D eigenvalue weighted by Crippen LogP contribution is -2.39. The van der Waals surface area contributed by atoms with Gasteiger partial charge >= 0.3 is 0 Å². The third-order valence-electron chi connectivity index (χ3n) is 4.38. The van der Waals surface area contributed by atoms with Crippen molar-refractivity contribution >= 4 is 33.0 Å². The van der Waals surface area contributed by atoms with E-state index < -0.39 is 21.0 Å². The minimum absolute atomic E-state index is 0.290. The summed E-state index contributed by atoms with van der Waals surface area (Å²) in [5.74, 6) is 0.0139. The fraction of sp³-hybridized carbons (Fsp3) is 0.316. The summed E-state index contributed by atoms with van der Waals surface area (Å²) in [7, 11) is -2.19. The number of hydrogen-bond donors (Lipinski definition) is 0. The van der Waals surface area contributed by atoms with E-state index in [1.807, 2.05) is 6.07 Å². The molecular weight excluding hydrogens is 390 g/mol. The van der Waals surface area contributed by atoms with Crippen LogP contribution in [0.2, 0.25) is 5.02 Å². The molecule has 8 heteroatoms. The van der Waals surface area contributed by atoms with Crippen LogP contribution in [0.25, 0.3) is 0 Å². The molecule has 1 atom stereocenters. The first-order valence-corrected chi connectivity index (χ1v) is 10.5. The van der Waals surface area contributed by atoms with Crippen molar-refractivity contribution in [3.05, 3.63) is 53.1 Å². The van der Waals surface area contributed by atoms with Gasteiger partial charge in [0.25, 0.3) is 0 Å². The van der Waals surface area contributed by atoms with Gasteiger partial charge in [-0.1, -0.05) is 29.8 Å². The fourth-order valence-electron chi connectivity index (χ4n) is 2.81. The molecule has 1 aliphatic rings. The first-order valence-electron chi connectivity index (χ1n) is 8.42. The molecule has 1 unspecified atom stereocenters. The Bertz CT molecular complexity index is 946. The molecule has 0 fully saturated rings. The van der Waals surface area contributed by atoms with Crippen molar-refractivity contribution in [1.29, 1.82) is 0 Å². The lowest BCUT2D eigenvalue weighted by molar-refractivity contribution is -0.117. The van der Waals surface area contributed by atoms with Gasteiger partial charge in [0, 0.05) is 12.7 Å². The second-order valence-corrected chi connectivity index (χ2v) is 9.01. The number of nitrogens with zero attached hydrogens (tertiary/aromatic N) is 1. The number of amides is 1. The van der Waals surface area contributed by atoms with Gasteiger partial charge < -0.3 is 14.4 Å². The first-order chi connectivity index (χ1) is 12.8. The van der Waals surface area contributed by atoms with Gasteiger partial charge in [0.1, 0.15) is 18.5 Å². The molecular formula is C19H20ClNO5S. The molecule has 1 aliphatic heterocycles. The summed E-state index contributed by atoms with van der Waals surface area (Å²) in [5, 5.41) is -0.910. The van der Waals surface area contributed by atoms with Crippen molar-refractivity contribution in [3.8, 4) is 11.5 Å². The number of benzene rings is 2. The Morgan fingerprint density at radius 2 is 1.85 bits per heavy atom. The number of hydrogen-bond acceptors (Lipinski definition) is 5. The monoisotopic (exact) mass is 409 g/mol. The normalized spacial score (nSPS) is 14.5. The van der Waals surface area contributed by atoms with Gasteiger partial charge in [-0.2, -0.15) is 0 Å². The van der Waals surface area contributed by atoms with E-state index in [4.69, 9.17) is 21.1 Å².